The Bertz CT molecular complexity index is 1380. The van der Waals surface area contributed by atoms with Gasteiger partial charge in [-0.25, -0.2) is 4.79 Å². The van der Waals surface area contributed by atoms with Crippen molar-refractivity contribution in [3.8, 4) is 11.5 Å². The van der Waals surface area contributed by atoms with Gasteiger partial charge in [-0.1, -0.05) is 29.8 Å². The number of carbonyl (C=O) groups excluding carboxylic acids is 2. The maximum Gasteiger partial charge on any atom is 0.338 e. The number of nitrogens with one attached hydrogen (secondary N) is 1. The standard InChI is InChI=1S/C28H22N2O6/c1-19-5-7-21(8-6-19)27(31)29-23-11-9-22(10-12-23)28(32)35-18-20-3-2-4-26(17-20)36-25-15-13-24(14-16-25)30(33)34/h2-17H,18H2,1H3,(H,29,31). The van der Waals surface area contributed by atoms with Crippen molar-refractivity contribution in [2.75, 3.05) is 5.32 Å². The van der Waals surface area contributed by atoms with Crippen molar-refractivity contribution in [2.45, 2.75) is 13.5 Å². The number of amides is 1. The maximum absolute atomic E-state index is 12.5. The molecular weight excluding hydrogens is 460 g/mol. The minimum Gasteiger partial charge on any atom is -0.457 e. The molecule has 4 aromatic rings. The van der Waals surface area contributed by atoms with Gasteiger partial charge in [0.2, 0.25) is 0 Å². The number of carbonyl (C=O) groups is 2. The normalized spacial score (nSPS) is 10.4. The largest absolute Gasteiger partial charge is 0.457 e. The lowest BCUT2D eigenvalue weighted by Crippen LogP contribution is -2.12. The highest BCUT2D eigenvalue weighted by atomic mass is 16.6. The summed E-state index contributed by atoms with van der Waals surface area (Å²) < 4.78 is 11.1. The Balaban J connectivity index is 1.31. The minimum atomic E-state index is -0.506. The first-order valence-electron chi connectivity index (χ1n) is 11.0. The lowest BCUT2D eigenvalue weighted by Gasteiger charge is -2.09. The van der Waals surface area contributed by atoms with Gasteiger partial charge in [-0.2, -0.15) is 0 Å². The second kappa shape index (κ2) is 11.0. The predicted octanol–water partition coefficient (Wildman–Crippen LogP) is 6.30. The SMILES string of the molecule is Cc1ccc(C(=O)Nc2ccc(C(=O)OCc3cccc(Oc4ccc([N+](=O)[O-])cc4)c3)cc2)cc1. The van der Waals surface area contributed by atoms with E-state index in [1.165, 1.54) is 24.3 Å². The van der Waals surface area contributed by atoms with Crippen LogP contribution in [0.1, 0.15) is 31.8 Å². The van der Waals surface area contributed by atoms with Crippen molar-refractivity contribution in [1.29, 1.82) is 0 Å². The number of anilines is 1. The molecule has 0 aromatic heterocycles. The molecule has 0 radical (unpaired) electrons. The van der Waals surface area contributed by atoms with Crippen LogP contribution in [0.3, 0.4) is 0 Å². The summed E-state index contributed by atoms with van der Waals surface area (Å²) >= 11 is 0. The summed E-state index contributed by atoms with van der Waals surface area (Å²) in [6.07, 6.45) is 0. The lowest BCUT2D eigenvalue weighted by molar-refractivity contribution is -0.384. The number of aryl methyl sites for hydroxylation is 1. The number of nitro groups is 1. The second-order valence-electron chi connectivity index (χ2n) is 7.97. The Morgan fingerprint density at radius 1 is 0.833 bits per heavy atom. The fourth-order valence-electron chi connectivity index (χ4n) is 3.30. The third kappa shape index (κ3) is 6.32. The molecule has 0 aliphatic heterocycles. The van der Waals surface area contributed by atoms with E-state index in [1.54, 1.807) is 60.7 Å². The average molecular weight is 482 g/mol. The van der Waals surface area contributed by atoms with E-state index in [0.717, 1.165) is 5.56 Å². The Labute approximate surface area is 207 Å². The van der Waals surface area contributed by atoms with Crippen LogP contribution >= 0.6 is 0 Å². The molecule has 0 fully saturated rings. The fourth-order valence-corrected chi connectivity index (χ4v) is 3.30. The van der Waals surface area contributed by atoms with E-state index in [1.807, 2.05) is 19.1 Å². The number of ether oxygens (including phenoxy) is 2. The summed E-state index contributed by atoms with van der Waals surface area (Å²) in [4.78, 5) is 35.1. The molecule has 4 rings (SSSR count). The van der Waals surface area contributed by atoms with Gasteiger partial charge >= 0.3 is 5.97 Å². The molecule has 0 saturated carbocycles. The third-order valence-electron chi connectivity index (χ3n) is 5.24. The highest BCUT2D eigenvalue weighted by molar-refractivity contribution is 6.04. The number of rotatable bonds is 8. The van der Waals surface area contributed by atoms with Crippen LogP contribution in [0.25, 0.3) is 0 Å². The molecule has 1 N–H and O–H groups in total. The zero-order valence-electron chi connectivity index (χ0n) is 19.3. The van der Waals surface area contributed by atoms with Crippen LogP contribution in [0.15, 0.2) is 97.1 Å². The first kappa shape index (κ1) is 24.2. The fraction of sp³-hybridized carbons (Fsp3) is 0.0714. The van der Waals surface area contributed by atoms with E-state index in [-0.39, 0.29) is 18.2 Å². The van der Waals surface area contributed by atoms with Gasteiger partial charge < -0.3 is 14.8 Å². The predicted molar refractivity (Wildman–Crippen MR) is 134 cm³/mol. The number of nitrogens with zero attached hydrogens (tertiary/aromatic N) is 1. The number of benzene rings is 4. The second-order valence-corrected chi connectivity index (χ2v) is 7.97. The van der Waals surface area contributed by atoms with Gasteiger partial charge in [0.15, 0.2) is 0 Å². The molecule has 0 saturated heterocycles. The van der Waals surface area contributed by atoms with Crippen molar-refractivity contribution in [1.82, 2.24) is 0 Å². The van der Waals surface area contributed by atoms with Gasteiger partial charge in [-0.3, -0.25) is 14.9 Å². The van der Waals surface area contributed by atoms with Crippen molar-refractivity contribution in [3.05, 3.63) is 129 Å². The molecule has 0 bridgehead atoms. The molecule has 180 valence electrons. The summed E-state index contributed by atoms with van der Waals surface area (Å²) in [7, 11) is 0. The molecule has 8 nitrogen and oxygen atoms in total. The van der Waals surface area contributed by atoms with Crippen LogP contribution in [0.5, 0.6) is 11.5 Å². The van der Waals surface area contributed by atoms with Crippen LogP contribution < -0.4 is 10.1 Å². The number of non-ortho nitro benzene ring substituents is 1. The zero-order valence-corrected chi connectivity index (χ0v) is 19.3. The Kier molecular flexibility index (Phi) is 7.36. The van der Waals surface area contributed by atoms with E-state index < -0.39 is 10.9 Å². The zero-order chi connectivity index (χ0) is 25.5. The Morgan fingerprint density at radius 3 is 2.17 bits per heavy atom. The topological polar surface area (TPSA) is 108 Å². The average Bonchev–Trinajstić information content (AvgIpc) is 2.88. The van der Waals surface area contributed by atoms with Gasteiger partial charge in [0.1, 0.15) is 18.1 Å². The van der Waals surface area contributed by atoms with Crippen LogP contribution in [0.4, 0.5) is 11.4 Å². The van der Waals surface area contributed by atoms with Crippen LogP contribution in [-0.2, 0) is 11.3 Å². The number of esters is 1. The number of hydrogen-bond donors (Lipinski definition) is 1. The first-order valence-corrected chi connectivity index (χ1v) is 11.0. The molecule has 0 atom stereocenters. The van der Waals surface area contributed by atoms with Gasteiger partial charge in [-0.15, -0.1) is 0 Å². The Hall–Kier alpha value is -4.98. The maximum atomic E-state index is 12.5. The van der Waals surface area contributed by atoms with Crippen molar-refractivity contribution in [2.24, 2.45) is 0 Å². The van der Waals surface area contributed by atoms with E-state index >= 15 is 0 Å². The molecule has 4 aromatic carbocycles. The Morgan fingerprint density at radius 2 is 1.50 bits per heavy atom. The monoisotopic (exact) mass is 482 g/mol. The molecule has 8 heteroatoms. The summed E-state index contributed by atoms with van der Waals surface area (Å²) in [6.45, 7) is 1.98. The quantitative estimate of drug-likeness (QED) is 0.179. The van der Waals surface area contributed by atoms with Crippen LogP contribution in [0.2, 0.25) is 0 Å². The molecule has 0 spiro atoms. The first-order chi connectivity index (χ1) is 17.4. The van der Waals surface area contributed by atoms with Gasteiger partial charge in [0, 0.05) is 23.4 Å². The highest BCUT2D eigenvalue weighted by Gasteiger charge is 2.11. The molecule has 0 aliphatic carbocycles. The number of nitro benzene ring substituents is 1. The molecule has 0 unspecified atom stereocenters. The molecule has 1 amide bonds. The van der Waals surface area contributed by atoms with Crippen molar-refractivity contribution >= 4 is 23.3 Å². The lowest BCUT2D eigenvalue weighted by atomic mass is 10.1. The molecule has 36 heavy (non-hydrogen) atoms. The molecule has 0 heterocycles. The smallest absolute Gasteiger partial charge is 0.338 e. The van der Waals surface area contributed by atoms with E-state index in [9.17, 15) is 19.7 Å². The summed E-state index contributed by atoms with van der Waals surface area (Å²) in [5, 5.41) is 13.6. The van der Waals surface area contributed by atoms with Gasteiger partial charge in [-0.05, 0) is 73.2 Å². The summed E-state index contributed by atoms with van der Waals surface area (Å²) in [5.74, 6) is 0.213. The van der Waals surface area contributed by atoms with Crippen LogP contribution in [0, 0.1) is 17.0 Å². The van der Waals surface area contributed by atoms with E-state index in [0.29, 0.717) is 33.9 Å². The van der Waals surface area contributed by atoms with E-state index in [2.05, 4.69) is 5.32 Å². The van der Waals surface area contributed by atoms with Crippen LogP contribution in [-0.4, -0.2) is 16.8 Å². The molecular formula is C28H22N2O6. The highest BCUT2D eigenvalue weighted by Crippen LogP contribution is 2.25. The minimum absolute atomic E-state index is 0.0234. The number of hydrogen-bond acceptors (Lipinski definition) is 6. The van der Waals surface area contributed by atoms with Gasteiger partial charge in [0.25, 0.3) is 11.6 Å². The third-order valence-corrected chi connectivity index (χ3v) is 5.24. The van der Waals surface area contributed by atoms with Crippen molar-refractivity contribution < 1.29 is 24.0 Å². The van der Waals surface area contributed by atoms with E-state index in [4.69, 9.17) is 9.47 Å². The summed E-state index contributed by atoms with van der Waals surface area (Å²) in [6, 6.07) is 26.4. The molecule has 0 aliphatic rings. The summed E-state index contributed by atoms with van der Waals surface area (Å²) in [5.41, 5.74) is 3.21. The van der Waals surface area contributed by atoms with Crippen molar-refractivity contribution in [3.63, 3.8) is 0 Å². The van der Waals surface area contributed by atoms with Gasteiger partial charge in [0.05, 0.1) is 10.5 Å².